The number of aliphatic hydroxyl groups is 1. The molecule has 0 saturated carbocycles. The molecule has 1 aliphatic heterocycles. The summed E-state index contributed by atoms with van der Waals surface area (Å²) >= 11 is 1.55. The fourth-order valence-electron chi connectivity index (χ4n) is 8.50. The zero-order chi connectivity index (χ0) is 56.1. The Labute approximate surface area is 450 Å². The van der Waals surface area contributed by atoms with Crippen molar-refractivity contribution in [3.05, 3.63) is 154 Å². The van der Waals surface area contributed by atoms with Crippen molar-refractivity contribution in [2.45, 2.75) is 84.2 Å². The summed E-state index contributed by atoms with van der Waals surface area (Å²) in [5, 5.41) is 26.3. The average Bonchev–Trinajstić information content (AvgIpc) is 4.22. The minimum absolute atomic E-state index is 0.00599. The van der Waals surface area contributed by atoms with Gasteiger partial charge in [0, 0.05) is 30.6 Å². The van der Waals surface area contributed by atoms with Gasteiger partial charge in [0.1, 0.15) is 65.0 Å². The monoisotopic (exact) mass is 1110 g/mol. The maximum Gasteiger partial charge on any atom is 0.355 e. The van der Waals surface area contributed by atoms with Gasteiger partial charge in [-0.1, -0.05) is 75.4 Å². The molecule has 3 aromatic heterocycles. The van der Waals surface area contributed by atoms with Crippen molar-refractivity contribution < 1.29 is 55.3 Å². The first-order valence-corrected chi connectivity index (χ1v) is 26.7. The number of anilines is 3. The number of sulfonamides is 1. The largest absolute Gasteiger partial charge is 0.487 e. The third-order valence-corrected chi connectivity index (χ3v) is 14.6. The van der Waals surface area contributed by atoms with Crippen LogP contribution in [0.1, 0.15) is 83.3 Å². The lowest BCUT2D eigenvalue weighted by Crippen LogP contribution is -2.57. The van der Waals surface area contributed by atoms with Gasteiger partial charge in [0.05, 0.1) is 34.1 Å². The number of H-pyrrole nitrogens is 1. The van der Waals surface area contributed by atoms with Crippen LogP contribution < -0.4 is 35.9 Å². The van der Waals surface area contributed by atoms with Crippen molar-refractivity contribution in [1.82, 2.24) is 35.7 Å². The Morgan fingerprint density at radius 2 is 1.63 bits per heavy atom. The summed E-state index contributed by atoms with van der Waals surface area (Å²) in [4.78, 5) is 65.4. The molecule has 24 heteroatoms. The number of aryl methyl sites for hydroxylation is 1. The smallest absolute Gasteiger partial charge is 0.355 e. The molecule has 1 aliphatic rings. The van der Waals surface area contributed by atoms with Crippen molar-refractivity contribution in [3.8, 4) is 33.2 Å². The van der Waals surface area contributed by atoms with Crippen LogP contribution in [0.5, 0.6) is 11.5 Å². The Balaban J connectivity index is 0.875. The highest BCUT2D eigenvalue weighted by Crippen LogP contribution is 2.38. The molecule has 0 spiro atoms. The van der Waals surface area contributed by atoms with Crippen LogP contribution in [0.15, 0.2) is 115 Å². The number of carbonyl (C=O) groups is 4. The Kier molecular flexibility index (Phi) is 16.8. The molecule has 2 unspecified atom stereocenters. The van der Waals surface area contributed by atoms with Crippen LogP contribution in [0.3, 0.4) is 0 Å². The van der Waals surface area contributed by atoms with Gasteiger partial charge < -0.3 is 41.2 Å². The van der Waals surface area contributed by atoms with Gasteiger partial charge in [-0.15, -0.1) is 11.3 Å². The second-order valence-corrected chi connectivity index (χ2v) is 22.0. The zero-order valence-corrected chi connectivity index (χ0v) is 44.3. The quantitative estimate of drug-likeness (QED) is 0.0382. The Hall–Kier alpha value is -8.35. The number of primary amides is 1. The number of aromatic amines is 1. The number of hydrogen-bond donors (Lipinski definition) is 7. The summed E-state index contributed by atoms with van der Waals surface area (Å²) < 4.78 is 78.5. The topological polar surface area (TPSA) is 273 Å². The van der Waals surface area contributed by atoms with E-state index in [-0.39, 0.29) is 71.6 Å². The van der Waals surface area contributed by atoms with Crippen LogP contribution >= 0.6 is 11.3 Å². The molecule has 8 N–H and O–H groups in total. The van der Waals surface area contributed by atoms with E-state index in [0.717, 1.165) is 27.8 Å². The van der Waals surface area contributed by atoms with Crippen LogP contribution in [-0.2, 0) is 32.8 Å². The number of nitrogens with zero attached hydrogens (tertiary/aromatic N) is 4. The third kappa shape index (κ3) is 13.2. The van der Waals surface area contributed by atoms with E-state index in [9.17, 15) is 45.9 Å². The van der Waals surface area contributed by atoms with Crippen molar-refractivity contribution in [1.29, 1.82) is 0 Å². The van der Waals surface area contributed by atoms with E-state index in [2.05, 4.69) is 36.1 Å². The first-order chi connectivity index (χ1) is 37.0. The van der Waals surface area contributed by atoms with Crippen molar-refractivity contribution in [2.24, 2.45) is 11.1 Å². The molecule has 4 atom stereocenters. The molecule has 0 bridgehead atoms. The molecule has 4 aromatic carbocycles. The van der Waals surface area contributed by atoms with Gasteiger partial charge in [0.15, 0.2) is 0 Å². The number of carbonyl (C=O) groups excluding carboxylic acids is 4. The standard InChI is InChI=1S/C54H55F3N10O9S2/c1-29-46(77-28-61-29)34-10-6-31(7-11-34)24-60-51(71)41-23-38(68)26-67(41)52(72)47(54(3,4)5)63-50(70)35-12-8-32(9-13-35)27-75-39-19-21-43(59-25-39)62-49-44(48(58)69)45(64-65-49)36-16-20-40(66-78(73,74)53(56)57)42(22-36)76-30(2)33-14-17-37(55)18-15-33/h6-22,25,28,30,38,41,47,53,66,68H,23-24,26-27H2,1-5H3,(H2,58,69)(H,60,71)(H,63,70)(H2,59,62,64,65)/t30?,38-,41+,47?/m1/s1. The van der Waals surface area contributed by atoms with Crippen LogP contribution in [0.4, 0.5) is 30.5 Å². The van der Waals surface area contributed by atoms with E-state index in [4.69, 9.17) is 15.2 Å². The molecule has 408 valence electrons. The highest BCUT2D eigenvalue weighted by atomic mass is 32.2. The Morgan fingerprint density at radius 3 is 2.26 bits per heavy atom. The SMILES string of the molecule is Cc1ncsc1-c1ccc(CNC(=O)[C@@H]2C[C@@H](O)CN2C(=O)C(NC(=O)c2ccc(COc3ccc(Nc4[nH]nc(-c5ccc(NS(=O)(=O)C(F)F)c(OC(C)c6ccc(F)cc6)c5)c4C(N)=O)nc3)cc2)C(C)(C)C)cc1. The molecule has 19 nitrogen and oxygen atoms in total. The third-order valence-electron chi connectivity index (χ3n) is 12.7. The molecule has 1 fully saturated rings. The number of halogens is 3. The van der Waals surface area contributed by atoms with Crippen molar-refractivity contribution >= 4 is 62.3 Å². The summed E-state index contributed by atoms with van der Waals surface area (Å²) in [5.74, 6) is -6.22. The maximum atomic E-state index is 14.2. The molecular weight excluding hydrogens is 1050 g/mol. The number of β-amino-alcohol motifs (C(OH)–C–C–N with tert-alkyl or cyclic N) is 1. The number of hydrogen-bond acceptors (Lipinski definition) is 14. The highest BCUT2D eigenvalue weighted by Gasteiger charge is 2.44. The lowest BCUT2D eigenvalue weighted by Gasteiger charge is -2.35. The normalized spacial score (nSPS) is 15.3. The predicted octanol–water partition coefficient (Wildman–Crippen LogP) is 7.99. The molecular formula is C54H55F3N10O9S2. The van der Waals surface area contributed by atoms with Gasteiger partial charge in [-0.2, -0.15) is 13.9 Å². The minimum atomic E-state index is -5.13. The number of likely N-dealkylation sites (tertiary alicyclic amines) is 1. The van der Waals surface area contributed by atoms with Gasteiger partial charge >= 0.3 is 5.76 Å². The van der Waals surface area contributed by atoms with E-state index in [1.54, 1.807) is 80.9 Å². The molecule has 8 rings (SSSR count). The van der Waals surface area contributed by atoms with Crippen molar-refractivity contribution in [2.75, 3.05) is 16.6 Å². The molecule has 1 saturated heterocycles. The second kappa shape index (κ2) is 23.5. The first kappa shape index (κ1) is 55.9. The average molecular weight is 1110 g/mol. The number of aliphatic hydroxyl groups excluding tert-OH is 1. The number of rotatable bonds is 20. The molecule has 4 amide bonds. The lowest BCUT2D eigenvalue weighted by atomic mass is 9.85. The zero-order valence-electron chi connectivity index (χ0n) is 42.7. The number of ether oxygens (including phenoxy) is 2. The number of thiazole rings is 1. The summed E-state index contributed by atoms with van der Waals surface area (Å²) in [5.41, 5.74) is 10.8. The predicted molar refractivity (Wildman–Crippen MR) is 286 cm³/mol. The summed E-state index contributed by atoms with van der Waals surface area (Å²) in [6.45, 7) is 9.14. The fourth-order valence-corrected chi connectivity index (χ4v) is 9.88. The van der Waals surface area contributed by atoms with Gasteiger partial charge in [-0.3, -0.25) is 29.0 Å². The van der Waals surface area contributed by atoms with Crippen LogP contribution in [0.2, 0.25) is 0 Å². The van der Waals surface area contributed by atoms with E-state index >= 15 is 0 Å². The van der Waals surface area contributed by atoms with E-state index in [0.29, 0.717) is 16.9 Å². The Morgan fingerprint density at radius 1 is 0.936 bits per heavy atom. The fraction of sp³-hybridized carbons (Fsp3) is 0.278. The van der Waals surface area contributed by atoms with E-state index in [1.807, 2.05) is 35.9 Å². The minimum Gasteiger partial charge on any atom is -0.487 e. The van der Waals surface area contributed by atoms with Gasteiger partial charge in [-0.05, 0) is 90.0 Å². The van der Waals surface area contributed by atoms with Gasteiger partial charge in [0.2, 0.25) is 11.8 Å². The number of alkyl halides is 2. The number of nitrogens with two attached hydrogens (primary N) is 1. The van der Waals surface area contributed by atoms with E-state index < -0.39 is 74.9 Å². The lowest BCUT2D eigenvalue weighted by molar-refractivity contribution is -0.142. The van der Waals surface area contributed by atoms with Crippen LogP contribution in [0.25, 0.3) is 21.7 Å². The summed E-state index contributed by atoms with van der Waals surface area (Å²) in [7, 11) is -5.13. The van der Waals surface area contributed by atoms with E-state index in [1.165, 1.54) is 47.5 Å². The molecule has 7 aromatic rings. The number of amides is 4. The van der Waals surface area contributed by atoms with Gasteiger partial charge in [0.25, 0.3) is 21.8 Å². The number of nitrogens with one attached hydrogen (secondary N) is 5. The van der Waals surface area contributed by atoms with Crippen molar-refractivity contribution in [3.63, 3.8) is 0 Å². The highest BCUT2D eigenvalue weighted by molar-refractivity contribution is 7.93. The summed E-state index contributed by atoms with van der Waals surface area (Å²) in [6.07, 6.45) is -0.298. The first-order valence-electron chi connectivity index (χ1n) is 24.3. The molecule has 0 radical (unpaired) electrons. The molecule has 78 heavy (non-hydrogen) atoms. The molecule has 4 heterocycles. The number of benzene rings is 4. The second-order valence-electron chi connectivity index (χ2n) is 19.5. The maximum absolute atomic E-state index is 14.2. The summed E-state index contributed by atoms with van der Waals surface area (Å²) in [6, 6.07) is 24.5. The van der Waals surface area contributed by atoms with Crippen LogP contribution in [-0.4, -0.2) is 92.7 Å². The number of aromatic nitrogens is 4. The van der Waals surface area contributed by atoms with Crippen LogP contribution in [0, 0.1) is 18.2 Å². The van der Waals surface area contributed by atoms with Gasteiger partial charge in [-0.25, -0.2) is 22.8 Å². The number of pyridine rings is 1. The molecule has 0 aliphatic carbocycles. The Bertz CT molecular complexity index is 3410.